The minimum Gasteiger partial charge on any atom is -0.371 e. The number of piperidine rings is 1. The number of carbonyl (C=O) groups excluding carboxylic acids is 1. The van der Waals surface area contributed by atoms with E-state index in [0.717, 1.165) is 37.1 Å². The molecule has 1 aliphatic heterocycles. The van der Waals surface area contributed by atoms with Gasteiger partial charge in [-0.3, -0.25) is 9.78 Å². The molecular formula is C18H23N3O. The van der Waals surface area contributed by atoms with Crippen molar-refractivity contribution in [3.8, 4) is 0 Å². The number of hydrogen-bond acceptors (Lipinski definition) is 3. The summed E-state index contributed by atoms with van der Waals surface area (Å²) in [6, 6.07) is 8.66. The number of para-hydroxylation sites is 1. The maximum Gasteiger partial charge on any atom is 0.217 e. The number of hydrogen-bond donors (Lipinski definition) is 1. The molecule has 1 fully saturated rings. The second-order valence-corrected chi connectivity index (χ2v) is 6.15. The third kappa shape index (κ3) is 2.78. The number of nitrogens with one attached hydrogen (secondary N) is 1. The van der Waals surface area contributed by atoms with Gasteiger partial charge in [0.15, 0.2) is 0 Å². The van der Waals surface area contributed by atoms with Crippen molar-refractivity contribution in [1.82, 2.24) is 10.3 Å². The van der Waals surface area contributed by atoms with Crippen molar-refractivity contribution in [3.05, 3.63) is 35.5 Å². The van der Waals surface area contributed by atoms with E-state index in [2.05, 4.69) is 42.3 Å². The Morgan fingerprint density at radius 1 is 1.23 bits per heavy atom. The minimum absolute atomic E-state index is 0.0693. The Bertz CT molecular complexity index is 703. The summed E-state index contributed by atoms with van der Waals surface area (Å²) in [6.07, 6.45) is 1.99. The van der Waals surface area contributed by atoms with Crippen LogP contribution in [-0.2, 0) is 4.79 Å². The average Bonchev–Trinajstić information content (AvgIpc) is 2.49. The standard InChI is InChI=1S/C18H23N3O/c1-12-13(2)19-17-7-5-4-6-16(17)18(12)21-10-8-15(9-11-21)20-14(3)22/h4-7,15H,8-11H2,1-3H3,(H,20,22). The zero-order chi connectivity index (χ0) is 15.7. The third-order valence-electron chi connectivity index (χ3n) is 4.56. The predicted octanol–water partition coefficient (Wildman–Crippen LogP) is 2.96. The average molecular weight is 297 g/mol. The molecular weight excluding hydrogens is 274 g/mol. The van der Waals surface area contributed by atoms with Gasteiger partial charge in [-0.05, 0) is 38.3 Å². The molecule has 1 aromatic carbocycles. The molecule has 0 saturated carbocycles. The maximum absolute atomic E-state index is 11.2. The number of carbonyl (C=O) groups is 1. The zero-order valence-electron chi connectivity index (χ0n) is 13.5. The van der Waals surface area contributed by atoms with Gasteiger partial charge in [-0.15, -0.1) is 0 Å². The Balaban J connectivity index is 1.91. The number of aromatic nitrogens is 1. The first-order valence-electron chi connectivity index (χ1n) is 7.94. The first kappa shape index (κ1) is 14.8. The summed E-state index contributed by atoms with van der Waals surface area (Å²) in [7, 11) is 0. The normalized spacial score (nSPS) is 16.0. The summed E-state index contributed by atoms with van der Waals surface area (Å²) in [5.74, 6) is 0.0693. The van der Waals surface area contributed by atoms with Gasteiger partial charge in [0.05, 0.1) is 11.2 Å². The van der Waals surface area contributed by atoms with Crippen LogP contribution in [0.25, 0.3) is 10.9 Å². The van der Waals surface area contributed by atoms with Crippen LogP contribution in [0.3, 0.4) is 0 Å². The van der Waals surface area contributed by atoms with Gasteiger partial charge >= 0.3 is 0 Å². The summed E-state index contributed by atoms with van der Waals surface area (Å²) >= 11 is 0. The van der Waals surface area contributed by atoms with Crippen molar-refractivity contribution in [1.29, 1.82) is 0 Å². The highest BCUT2D eigenvalue weighted by Crippen LogP contribution is 2.32. The van der Waals surface area contributed by atoms with E-state index in [1.165, 1.54) is 16.6 Å². The highest BCUT2D eigenvalue weighted by Gasteiger charge is 2.23. The number of rotatable bonds is 2. The molecule has 0 spiro atoms. The molecule has 4 heteroatoms. The van der Waals surface area contributed by atoms with Crippen LogP contribution >= 0.6 is 0 Å². The molecule has 2 aromatic rings. The predicted molar refractivity (Wildman–Crippen MR) is 90.3 cm³/mol. The molecule has 3 rings (SSSR count). The molecule has 1 saturated heterocycles. The van der Waals surface area contributed by atoms with Crippen LogP contribution < -0.4 is 10.2 Å². The van der Waals surface area contributed by atoms with Crippen molar-refractivity contribution in [2.45, 2.75) is 39.7 Å². The first-order valence-corrected chi connectivity index (χ1v) is 7.94. The van der Waals surface area contributed by atoms with Crippen LogP contribution in [0, 0.1) is 13.8 Å². The number of aryl methyl sites for hydroxylation is 1. The molecule has 2 heterocycles. The first-order chi connectivity index (χ1) is 10.6. The van der Waals surface area contributed by atoms with Crippen molar-refractivity contribution in [2.75, 3.05) is 18.0 Å². The molecule has 1 N–H and O–H groups in total. The SMILES string of the molecule is CC(=O)NC1CCN(c2c(C)c(C)nc3ccccc23)CC1. The monoisotopic (exact) mass is 297 g/mol. The van der Waals surface area contributed by atoms with Crippen molar-refractivity contribution in [3.63, 3.8) is 0 Å². The Kier molecular flexibility index (Phi) is 4.01. The quantitative estimate of drug-likeness (QED) is 0.927. The van der Waals surface area contributed by atoms with E-state index >= 15 is 0 Å². The van der Waals surface area contributed by atoms with Gasteiger partial charge in [-0.2, -0.15) is 0 Å². The van der Waals surface area contributed by atoms with Crippen molar-refractivity contribution in [2.24, 2.45) is 0 Å². The lowest BCUT2D eigenvalue weighted by Gasteiger charge is -2.35. The summed E-state index contributed by atoms with van der Waals surface area (Å²) in [4.78, 5) is 18.4. The Hall–Kier alpha value is -2.10. The van der Waals surface area contributed by atoms with E-state index in [4.69, 9.17) is 4.98 Å². The molecule has 1 amide bonds. The fraction of sp³-hybridized carbons (Fsp3) is 0.444. The summed E-state index contributed by atoms with van der Waals surface area (Å²) in [5, 5.41) is 4.26. The van der Waals surface area contributed by atoms with E-state index < -0.39 is 0 Å². The summed E-state index contributed by atoms with van der Waals surface area (Å²) < 4.78 is 0. The minimum atomic E-state index is 0.0693. The molecule has 0 unspecified atom stereocenters. The molecule has 22 heavy (non-hydrogen) atoms. The van der Waals surface area contributed by atoms with Gasteiger partial charge in [0, 0.05) is 37.1 Å². The Morgan fingerprint density at radius 2 is 1.91 bits per heavy atom. The summed E-state index contributed by atoms with van der Waals surface area (Å²) in [5.41, 5.74) is 4.73. The number of benzene rings is 1. The number of pyridine rings is 1. The van der Waals surface area contributed by atoms with Crippen LogP contribution in [0.1, 0.15) is 31.0 Å². The number of anilines is 1. The van der Waals surface area contributed by atoms with Crippen LogP contribution in [0.2, 0.25) is 0 Å². The van der Waals surface area contributed by atoms with Gasteiger partial charge in [0.2, 0.25) is 5.91 Å². The van der Waals surface area contributed by atoms with E-state index in [9.17, 15) is 4.79 Å². The Labute approximate surface area is 131 Å². The lowest BCUT2D eigenvalue weighted by Crippen LogP contribution is -2.44. The van der Waals surface area contributed by atoms with E-state index in [1.807, 2.05) is 6.07 Å². The second-order valence-electron chi connectivity index (χ2n) is 6.15. The number of nitrogens with zero attached hydrogens (tertiary/aromatic N) is 2. The van der Waals surface area contributed by atoms with Gasteiger partial charge in [0.25, 0.3) is 0 Å². The molecule has 1 aromatic heterocycles. The van der Waals surface area contributed by atoms with E-state index in [1.54, 1.807) is 6.92 Å². The second kappa shape index (κ2) is 5.95. The zero-order valence-corrected chi connectivity index (χ0v) is 13.5. The molecule has 0 bridgehead atoms. The number of fused-ring (bicyclic) bond motifs is 1. The van der Waals surface area contributed by atoms with E-state index in [0.29, 0.717) is 6.04 Å². The van der Waals surface area contributed by atoms with Crippen molar-refractivity contribution >= 4 is 22.5 Å². The lowest BCUT2D eigenvalue weighted by atomic mass is 10.0. The topological polar surface area (TPSA) is 45.2 Å². The summed E-state index contributed by atoms with van der Waals surface area (Å²) in [6.45, 7) is 7.77. The van der Waals surface area contributed by atoms with Crippen LogP contribution in [0.15, 0.2) is 24.3 Å². The van der Waals surface area contributed by atoms with E-state index in [-0.39, 0.29) is 5.91 Å². The van der Waals surface area contributed by atoms with Gasteiger partial charge < -0.3 is 10.2 Å². The molecule has 116 valence electrons. The fourth-order valence-corrected chi connectivity index (χ4v) is 3.35. The molecule has 1 aliphatic rings. The maximum atomic E-state index is 11.2. The molecule has 4 nitrogen and oxygen atoms in total. The van der Waals surface area contributed by atoms with Crippen LogP contribution in [0.5, 0.6) is 0 Å². The highest BCUT2D eigenvalue weighted by molar-refractivity contribution is 5.93. The highest BCUT2D eigenvalue weighted by atomic mass is 16.1. The van der Waals surface area contributed by atoms with Crippen LogP contribution in [-0.4, -0.2) is 30.0 Å². The molecule has 0 aliphatic carbocycles. The largest absolute Gasteiger partial charge is 0.371 e. The van der Waals surface area contributed by atoms with Gasteiger partial charge in [-0.25, -0.2) is 0 Å². The lowest BCUT2D eigenvalue weighted by molar-refractivity contribution is -0.119. The fourth-order valence-electron chi connectivity index (χ4n) is 3.35. The Morgan fingerprint density at radius 3 is 2.59 bits per heavy atom. The molecule has 0 radical (unpaired) electrons. The van der Waals surface area contributed by atoms with Gasteiger partial charge in [-0.1, -0.05) is 18.2 Å². The molecule has 0 atom stereocenters. The van der Waals surface area contributed by atoms with Crippen molar-refractivity contribution < 1.29 is 4.79 Å². The number of amides is 1. The van der Waals surface area contributed by atoms with Crippen LogP contribution in [0.4, 0.5) is 5.69 Å². The van der Waals surface area contributed by atoms with Gasteiger partial charge in [0.1, 0.15) is 0 Å². The third-order valence-corrected chi connectivity index (χ3v) is 4.56. The smallest absolute Gasteiger partial charge is 0.217 e.